The predicted molar refractivity (Wildman–Crippen MR) is 70.2 cm³/mol. The molecule has 2 rings (SSSR count). The Kier molecular flexibility index (Phi) is 4.20. The van der Waals surface area contributed by atoms with Crippen LogP contribution in [0, 0.1) is 5.82 Å². The van der Waals surface area contributed by atoms with Gasteiger partial charge in [0.25, 0.3) is 0 Å². The van der Waals surface area contributed by atoms with Crippen LogP contribution in [0.3, 0.4) is 0 Å². The van der Waals surface area contributed by atoms with Crippen LogP contribution in [0.1, 0.15) is 10.4 Å². The van der Waals surface area contributed by atoms with Gasteiger partial charge >= 0.3 is 0 Å². The summed E-state index contributed by atoms with van der Waals surface area (Å²) in [4.78, 5) is 12.5. The molecule has 0 saturated carbocycles. The lowest BCUT2D eigenvalue weighted by atomic mass is 10.2. The molecule has 0 atom stereocenters. The SMILES string of the molecule is O=C(Cc1cccs1)NN=Cc1ccc(F)cc1. The van der Waals surface area contributed by atoms with Crippen LogP contribution >= 0.6 is 11.3 Å². The zero-order valence-corrected chi connectivity index (χ0v) is 10.3. The van der Waals surface area contributed by atoms with Crippen molar-refractivity contribution in [3.63, 3.8) is 0 Å². The number of carbonyl (C=O) groups is 1. The Labute approximate surface area is 108 Å². The molecule has 2 aromatic rings. The maximum Gasteiger partial charge on any atom is 0.245 e. The highest BCUT2D eigenvalue weighted by atomic mass is 32.1. The second-order valence-corrected chi connectivity index (χ2v) is 4.63. The first-order chi connectivity index (χ1) is 8.74. The Morgan fingerprint density at radius 2 is 2.11 bits per heavy atom. The van der Waals surface area contributed by atoms with Crippen molar-refractivity contribution in [3.05, 3.63) is 58.0 Å². The lowest BCUT2D eigenvalue weighted by Gasteiger charge is -1.97. The summed E-state index contributed by atoms with van der Waals surface area (Å²) in [6.07, 6.45) is 1.80. The lowest BCUT2D eigenvalue weighted by Crippen LogP contribution is -2.19. The Hall–Kier alpha value is -2.01. The second kappa shape index (κ2) is 6.07. The number of hydrogen-bond donors (Lipinski definition) is 1. The van der Waals surface area contributed by atoms with Gasteiger partial charge in [-0.1, -0.05) is 18.2 Å². The topological polar surface area (TPSA) is 41.5 Å². The van der Waals surface area contributed by atoms with Crippen LogP contribution in [0.25, 0.3) is 0 Å². The molecule has 92 valence electrons. The molecule has 5 heteroatoms. The molecular weight excluding hydrogens is 251 g/mol. The summed E-state index contributed by atoms with van der Waals surface area (Å²) in [6, 6.07) is 9.65. The minimum Gasteiger partial charge on any atom is -0.273 e. The first-order valence-electron chi connectivity index (χ1n) is 5.34. The lowest BCUT2D eigenvalue weighted by molar-refractivity contribution is -0.120. The third kappa shape index (κ3) is 3.78. The maximum absolute atomic E-state index is 12.6. The van der Waals surface area contributed by atoms with Crippen molar-refractivity contribution in [2.24, 2.45) is 5.10 Å². The van der Waals surface area contributed by atoms with E-state index in [1.807, 2.05) is 17.5 Å². The second-order valence-electron chi connectivity index (χ2n) is 3.60. The summed E-state index contributed by atoms with van der Waals surface area (Å²) in [5.74, 6) is -0.468. The highest BCUT2D eigenvalue weighted by molar-refractivity contribution is 7.10. The van der Waals surface area contributed by atoms with Gasteiger partial charge in [0.1, 0.15) is 5.82 Å². The van der Waals surface area contributed by atoms with E-state index in [0.29, 0.717) is 6.42 Å². The number of halogens is 1. The predicted octanol–water partition coefficient (Wildman–Crippen LogP) is 2.58. The third-order valence-corrected chi connectivity index (χ3v) is 3.06. The molecule has 0 spiro atoms. The summed E-state index contributed by atoms with van der Waals surface area (Å²) in [5.41, 5.74) is 3.16. The van der Waals surface area contributed by atoms with Gasteiger partial charge in [0.05, 0.1) is 12.6 Å². The fourth-order valence-corrected chi connectivity index (χ4v) is 2.04. The highest BCUT2D eigenvalue weighted by Crippen LogP contribution is 2.08. The fourth-order valence-electron chi connectivity index (χ4n) is 1.34. The van der Waals surface area contributed by atoms with Gasteiger partial charge in [-0.15, -0.1) is 11.3 Å². The van der Waals surface area contributed by atoms with E-state index >= 15 is 0 Å². The standard InChI is InChI=1S/C13H11FN2OS/c14-11-5-3-10(4-6-11)9-15-16-13(17)8-12-2-1-7-18-12/h1-7,9H,8H2,(H,16,17). The number of rotatable bonds is 4. The van der Waals surface area contributed by atoms with Gasteiger partial charge in [-0.25, -0.2) is 9.82 Å². The molecule has 1 aromatic heterocycles. The number of carbonyl (C=O) groups excluding carboxylic acids is 1. The first kappa shape index (κ1) is 12.4. The number of thiophene rings is 1. The van der Waals surface area contributed by atoms with Crippen LogP contribution in [0.4, 0.5) is 4.39 Å². The number of hydrogen-bond acceptors (Lipinski definition) is 3. The molecule has 1 amide bonds. The van der Waals surface area contributed by atoms with Gasteiger partial charge in [-0.2, -0.15) is 5.10 Å². The smallest absolute Gasteiger partial charge is 0.245 e. The maximum atomic E-state index is 12.6. The summed E-state index contributed by atoms with van der Waals surface area (Å²) in [5, 5.41) is 5.73. The Morgan fingerprint density at radius 1 is 1.33 bits per heavy atom. The average Bonchev–Trinajstić information content (AvgIpc) is 2.84. The van der Waals surface area contributed by atoms with E-state index in [-0.39, 0.29) is 11.7 Å². The Balaban J connectivity index is 1.84. The van der Waals surface area contributed by atoms with E-state index in [1.165, 1.54) is 29.7 Å². The van der Waals surface area contributed by atoms with Gasteiger partial charge in [0.2, 0.25) is 5.91 Å². The molecule has 1 aromatic carbocycles. The highest BCUT2D eigenvalue weighted by Gasteiger charge is 2.01. The molecule has 1 heterocycles. The van der Waals surface area contributed by atoms with Gasteiger partial charge in [-0.3, -0.25) is 4.79 Å². The van der Waals surface area contributed by atoms with Gasteiger partial charge < -0.3 is 0 Å². The van der Waals surface area contributed by atoms with Crippen molar-refractivity contribution in [1.82, 2.24) is 5.43 Å². The summed E-state index contributed by atoms with van der Waals surface area (Å²) < 4.78 is 12.6. The molecule has 0 saturated heterocycles. The van der Waals surface area contributed by atoms with Crippen LogP contribution in [0.2, 0.25) is 0 Å². The van der Waals surface area contributed by atoms with Crippen molar-refractivity contribution >= 4 is 23.5 Å². The summed E-state index contributed by atoms with van der Waals surface area (Å²) in [6.45, 7) is 0. The molecule has 0 unspecified atom stereocenters. The molecular formula is C13H11FN2OS. The molecule has 1 N–H and O–H groups in total. The number of benzene rings is 1. The normalized spacial score (nSPS) is 10.7. The van der Waals surface area contributed by atoms with Gasteiger partial charge in [0.15, 0.2) is 0 Å². The number of nitrogens with zero attached hydrogens (tertiary/aromatic N) is 1. The molecule has 0 radical (unpaired) electrons. The van der Waals surface area contributed by atoms with Crippen LogP contribution in [0.15, 0.2) is 46.9 Å². The first-order valence-corrected chi connectivity index (χ1v) is 6.22. The van der Waals surface area contributed by atoms with Crippen molar-refractivity contribution < 1.29 is 9.18 Å². The molecule has 3 nitrogen and oxygen atoms in total. The van der Waals surface area contributed by atoms with E-state index in [0.717, 1.165) is 10.4 Å². The zero-order valence-electron chi connectivity index (χ0n) is 9.47. The fraction of sp³-hybridized carbons (Fsp3) is 0.0769. The van der Waals surface area contributed by atoms with Crippen LogP contribution in [0.5, 0.6) is 0 Å². The summed E-state index contributed by atoms with van der Waals surface area (Å²) >= 11 is 1.53. The molecule has 0 aliphatic rings. The quantitative estimate of drug-likeness (QED) is 0.668. The molecule has 0 fully saturated rings. The van der Waals surface area contributed by atoms with Crippen LogP contribution < -0.4 is 5.43 Å². The number of hydrazone groups is 1. The molecule has 0 aliphatic carbocycles. The molecule has 0 aliphatic heterocycles. The minimum absolute atomic E-state index is 0.171. The third-order valence-electron chi connectivity index (χ3n) is 2.19. The number of nitrogens with one attached hydrogen (secondary N) is 1. The minimum atomic E-state index is -0.297. The molecule has 18 heavy (non-hydrogen) atoms. The van der Waals surface area contributed by atoms with Crippen LogP contribution in [-0.4, -0.2) is 12.1 Å². The van der Waals surface area contributed by atoms with E-state index in [1.54, 1.807) is 12.1 Å². The average molecular weight is 262 g/mol. The Morgan fingerprint density at radius 3 is 2.78 bits per heavy atom. The van der Waals surface area contributed by atoms with Gasteiger partial charge in [-0.05, 0) is 29.1 Å². The molecule has 0 bridgehead atoms. The van der Waals surface area contributed by atoms with Crippen molar-refractivity contribution in [3.8, 4) is 0 Å². The van der Waals surface area contributed by atoms with Crippen LogP contribution in [-0.2, 0) is 11.2 Å². The van der Waals surface area contributed by atoms with Crippen molar-refractivity contribution in [1.29, 1.82) is 0 Å². The largest absolute Gasteiger partial charge is 0.273 e. The number of amides is 1. The Bertz CT molecular complexity index is 535. The van der Waals surface area contributed by atoms with E-state index in [2.05, 4.69) is 10.5 Å². The van der Waals surface area contributed by atoms with E-state index < -0.39 is 0 Å². The van der Waals surface area contributed by atoms with Crippen molar-refractivity contribution in [2.45, 2.75) is 6.42 Å². The zero-order chi connectivity index (χ0) is 12.8. The summed E-state index contributed by atoms with van der Waals surface area (Å²) in [7, 11) is 0. The van der Waals surface area contributed by atoms with E-state index in [9.17, 15) is 9.18 Å². The van der Waals surface area contributed by atoms with E-state index in [4.69, 9.17) is 0 Å². The van der Waals surface area contributed by atoms with Crippen molar-refractivity contribution in [2.75, 3.05) is 0 Å². The monoisotopic (exact) mass is 262 g/mol. The van der Waals surface area contributed by atoms with Gasteiger partial charge in [0, 0.05) is 4.88 Å².